The maximum atomic E-state index is 13.6. The summed E-state index contributed by atoms with van der Waals surface area (Å²) in [5.41, 5.74) is 4.49. The maximum Gasteiger partial charge on any atom is 0.336 e. The van der Waals surface area contributed by atoms with Gasteiger partial charge in [0.25, 0.3) is 5.91 Å². The number of hydrogen-bond acceptors (Lipinski definition) is 5. The molecule has 2 N–H and O–H groups in total. The molecule has 2 aromatic heterocycles. The zero-order chi connectivity index (χ0) is 26.0. The van der Waals surface area contributed by atoms with Gasteiger partial charge in [-0.05, 0) is 49.7 Å². The highest BCUT2D eigenvalue weighted by Gasteiger charge is 2.43. The number of imide groups is 1. The van der Waals surface area contributed by atoms with Crippen LogP contribution >= 0.6 is 0 Å². The van der Waals surface area contributed by atoms with Crippen LogP contribution in [0.4, 0.5) is 5.69 Å². The van der Waals surface area contributed by atoms with E-state index in [1.54, 1.807) is 30.3 Å². The molecular formula is C29H25N3O5. The molecule has 0 fully saturated rings. The van der Waals surface area contributed by atoms with Crippen LogP contribution in [-0.4, -0.2) is 38.9 Å². The lowest BCUT2D eigenvalue weighted by Gasteiger charge is -2.17. The van der Waals surface area contributed by atoms with Crippen molar-refractivity contribution in [1.82, 2.24) is 9.47 Å². The van der Waals surface area contributed by atoms with Crippen LogP contribution in [0.15, 0.2) is 76.5 Å². The molecule has 8 heteroatoms. The fourth-order valence-electron chi connectivity index (χ4n) is 5.49. The second-order valence-corrected chi connectivity index (χ2v) is 9.70. The number of hydrogen-bond donors (Lipinski definition) is 2. The van der Waals surface area contributed by atoms with Gasteiger partial charge in [0.15, 0.2) is 0 Å². The van der Waals surface area contributed by atoms with Gasteiger partial charge in [-0.1, -0.05) is 24.3 Å². The summed E-state index contributed by atoms with van der Waals surface area (Å²) in [4.78, 5) is 39.0. The minimum Gasteiger partial charge on any atom is -0.478 e. The minimum absolute atomic E-state index is 0.129. The number of aromatic nitrogens is 1. The molecule has 0 spiro atoms. The number of carboxylic acid groups (broad SMARTS) is 1. The summed E-state index contributed by atoms with van der Waals surface area (Å²) in [6, 6.07) is 16.4. The molecule has 0 saturated carbocycles. The SMILES string of the molecule is CC(=O)N1CC2=C(C1=O)[C@H](c1ccc(-c3ccccc3C(=O)O)o1)c1cn(C(C)C)c3cccc(c13)N2. The number of carboxylic acids is 1. The molecule has 6 rings (SSSR count). The second kappa shape index (κ2) is 8.23. The fraction of sp³-hybridized carbons (Fsp3) is 0.207. The molecule has 0 aliphatic carbocycles. The van der Waals surface area contributed by atoms with E-state index in [4.69, 9.17) is 4.42 Å². The molecule has 0 saturated heterocycles. The van der Waals surface area contributed by atoms with E-state index in [2.05, 4.69) is 36.0 Å². The molecule has 4 aromatic rings. The predicted molar refractivity (Wildman–Crippen MR) is 138 cm³/mol. The van der Waals surface area contributed by atoms with Crippen molar-refractivity contribution >= 4 is 34.4 Å². The van der Waals surface area contributed by atoms with Crippen LogP contribution in [0.3, 0.4) is 0 Å². The third kappa shape index (κ3) is 3.40. The number of nitrogens with one attached hydrogen (secondary N) is 1. The lowest BCUT2D eigenvalue weighted by molar-refractivity contribution is -0.139. The van der Waals surface area contributed by atoms with Crippen LogP contribution in [0, 0.1) is 0 Å². The van der Waals surface area contributed by atoms with Crippen LogP contribution in [0.2, 0.25) is 0 Å². The summed E-state index contributed by atoms with van der Waals surface area (Å²) >= 11 is 0. The van der Waals surface area contributed by atoms with Gasteiger partial charge < -0.3 is 19.4 Å². The fourth-order valence-corrected chi connectivity index (χ4v) is 5.49. The molecular weight excluding hydrogens is 470 g/mol. The molecule has 2 aliphatic rings. The lowest BCUT2D eigenvalue weighted by Crippen LogP contribution is -2.33. The molecule has 2 aromatic carbocycles. The van der Waals surface area contributed by atoms with Crippen LogP contribution in [-0.2, 0) is 9.59 Å². The van der Waals surface area contributed by atoms with Crippen LogP contribution in [0.5, 0.6) is 0 Å². The summed E-state index contributed by atoms with van der Waals surface area (Å²) in [6.45, 7) is 5.73. The number of benzene rings is 2. The molecule has 2 amide bonds. The molecule has 1 atom stereocenters. The molecule has 4 heterocycles. The molecule has 2 aliphatic heterocycles. The predicted octanol–water partition coefficient (Wildman–Crippen LogP) is 5.38. The summed E-state index contributed by atoms with van der Waals surface area (Å²) < 4.78 is 8.50. The van der Waals surface area contributed by atoms with Crippen molar-refractivity contribution in [2.24, 2.45) is 0 Å². The minimum atomic E-state index is -1.05. The maximum absolute atomic E-state index is 13.6. The number of anilines is 1. The Balaban J connectivity index is 1.59. The Labute approximate surface area is 212 Å². The van der Waals surface area contributed by atoms with E-state index in [-0.39, 0.29) is 30.0 Å². The number of rotatable bonds is 4. The van der Waals surface area contributed by atoms with Crippen molar-refractivity contribution in [3.05, 3.63) is 89.0 Å². The summed E-state index contributed by atoms with van der Waals surface area (Å²) in [7, 11) is 0. The molecule has 0 bridgehead atoms. The first kappa shape index (κ1) is 22.8. The quantitative estimate of drug-likeness (QED) is 0.394. The van der Waals surface area contributed by atoms with E-state index in [9.17, 15) is 19.5 Å². The highest BCUT2D eigenvalue weighted by molar-refractivity contribution is 6.11. The van der Waals surface area contributed by atoms with Gasteiger partial charge in [-0.2, -0.15) is 0 Å². The summed E-state index contributed by atoms with van der Waals surface area (Å²) in [5, 5.41) is 14.1. The van der Waals surface area contributed by atoms with Gasteiger partial charge in [-0.3, -0.25) is 14.5 Å². The number of furan rings is 1. The Kier molecular flexibility index (Phi) is 5.08. The summed E-state index contributed by atoms with van der Waals surface area (Å²) in [6.07, 6.45) is 2.05. The van der Waals surface area contributed by atoms with Crippen molar-refractivity contribution in [3.63, 3.8) is 0 Å². The largest absolute Gasteiger partial charge is 0.478 e. The Morgan fingerprint density at radius 1 is 1.08 bits per heavy atom. The summed E-state index contributed by atoms with van der Waals surface area (Å²) in [5.74, 6) is -1.42. The average Bonchev–Trinajstić information content (AvgIpc) is 3.55. The zero-order valence-corrected chi connectivity index (χ0v) is 20.6. The van der Waals surface area contributed by atoms with E-state index < -0.39 is 11.9 Å². The van der Waals surface area contributed by atoms with Gasteiger partial charge in [-0.15, -0.1) is 0 Å². The van der Waals surface area contributed by atoms with Gasteiger partial charge in [-0.25, -0.2) is 4.79 Å². The highest BCUT2D eigenvalue weighted by atomic mass is 16.4. The third-order valence-electron chi connectivity index (χ3n) is 7.16. The van der Waals surface area contributed by atoms with Gasteiger partial charge in [0.05, 0.1) is 29.1 Å². The van der Waals surface area contributed by atoms with E-state index in [0.717, 1.165) is 22.2 Å². The monoisotopic (exact) mass is 495 g/mol. The van der Waals surface area contributed by atoms with Crippen LogP contribution in [0.1, 0.15) is 54.4 Å². The first-order chi connectivity index (χ1) is 17.8. The second-order valence-electron chi connectivity index (χ2n) is 9.70. The van der Waals surface area contributed by atoms with E-state index in [1.165, 1.54) is 17.9 Å². The lowest BCUT2D eigenvalue weighted by atomic mass is 9.88. The van der Waals surface area contributed by atoms with Gasteiger partial charge in [0.2, 0.25) is 5.91 Å². The number of amides is 2. The first-order valence-corrected chi connectivity index (χ1v) is 12.1. The topological polar surface area (TPSA) is 105 Å². The van der Waals surface area contributed by atoms with Crippen molar-refractivity contribution in [2.75, 3.05) is 11.9 Å². The van der Waals surface area contributed by atoms with Crippen molar-refractivity contribution in [2.45, 2.75) is 32.7 Å². The molecule has 0 radical (unpaired) electrons. The van der Waals surface area contributed by atoms with Gasteiger partial charge in [0, 0.05) is 41.5 Å². The Morgan fingerprint density at radius 2 is 1.86 bits per heavy atom. The number of aromatic carboxylic acids is 1. The molecule has 37 heavy (non-hydrogen) atoms. The molecule has 8 nitrogen and oxygen atoms in total. The van der Waals surface area contributed by atoms with E-state index in [0.29, 0.717) is 28.4 Å². The molecule has 0 unspecified atom stereocenters. The smallest absolute Gasteiger partial charge is 0.336 e. The standard InChI is InChI=1S/C29H25N3O5/c1-15(2)31-13-19-25-20(9-6-10-22(25)31)30-21-14-32(16(3)33)28(34)27(21)26(19)24-12-11-23(37-24)17-7-4-5-8-18(17)29(35)36/h4-13,15,26,30H,14H2,1-3H3,(H,35,36)/t26-/m0/s1. The highest BCUT2D eigenvalue weighted by Crippen LogP contribution is 2.47. The number of carbonyl (C=O) groups excluding carboxylic acids is 2. The Bertz CT molecular complexity index is 1650. The van der Waals surface area contributed by atoms with E-state index >= 15 is 0 Å². The van der Waals surface area contributed by atoms with Gasteiger partial charge >= 0.3 is 5.97 Å². The Morgan fingerprint density at radius 3 is 2.59 bits per heavy atom. The third-order valence-corrected chi connectivity index (χ3v) is 7.16. The average molecular weight is 496 g/mol. The van der Waals surface area contributed by atoms with Crippen LogP contribution < -0.4 is 5.32 Å². The molecule has 186 valence electrons. The normalized spacial score (nSPS) is 16.8. The zero-order valence-electron chi connectivity index (χ0n) is 20.6. The van der Waals surface area contributed by atoms with Gasteiger partial charge in [0.1, 0.15) is 11.5 Å². The van der Waals surface area contributed by atoms with Crippen molar-refractivity contribution in [1.29, 1.82) is 0 Å². The van der Waals surface area contributed by atoms with E-state index in [1.807, 2.05) is 12.1 Å². The van der Waals surface area contributed by atoms with Crippen molar-refractivity contribution < 1.29 is 23.9 Å². The van der Waals surface area contributed by atoms with Crippen molar-refractivity contribution in [3.8, 4) is 11.3 Å². The number of nitrogens with zero attached hydrogens (tertiary/aromatic N) is 2. The first-order valence-electron chi connectivity index (χ1n) is 12.1. The van der Waals surface area contributed by atoms with Crippen LogP contribution in [0.25, 0.3) is 22.2 Å². The number of carbonyl (C=O) groups is 3. The Hall–Kier alpha value is -4.59.